The summed E-state index contributed by atoms with van der Waals surface area (Å²) in [5.41, 5.74) is 2.36. The zero-order chi connectivity index (χ0) is 20.1. The monoisotopic (exact) mass is 375 g/mol. The summed E-state index contributed by atoms with van der Waals surface area (Å²) < 4.78 is 0. The third-order valence-electron chi connectivity index (χ3n) is 5.99. The minimum absolute atomic E-state index is 0.0576. The molecule has 4 heteroatoms. The molecule has 28 heavy (non-hydrogen) atoms. The molecule has 2 aromatic rings. The number of hydrogen-bond donors (Lipinski definition) is 0. The van der Waals surface area contributed by atoms with Crippen molar-refractivity contribution >= 4 is 23.3 Å². The highest BCUT2D eigenvalue weighted by molar-refractivity contribution is 6.23. The Hall–Kier alpha value is -2.75. The highest BCUT2D eigenvalue weighted by Crippen LogP contribution is 2.47. The van der Waals surface area contributed by atoms with Gasteiger partial charge in [-0.2, -0.15) is 0 Å². The first kappa shape index (κ1) is 18.6. The number of fused-ring (bicyclic) bond motifs is 1. The summed E-state index contributed by atoms with van der Waals surface area (Å²) in [6, 6.07) is 17.2. The fourth-order valence-electron chi connectivity index (χ4n) is 4.68. The molecule has 3 atom stereocenters. The van der Waals surface area contributed by atoms with Crippen molar-refractivity contribution in [3.63, 3.8) is 0 Å². The van der Waals surface area contributed by atoms with Crippen molar-refractivity contribution in [1.29, 1.82) is 0 Å². The second-order valence-electron chi connectivity index (χ2n) is 8.88. The minimum Gasteiger partial charge on any atom is -0.300 e. The van der Waals surface area contributed by atoms with Crippen molar-refractivity contribution in [3.8, 4) is 0 Å². The molecule has 1 saturated carbocycles. The normalized spacial score (nSPS) is 25.2. The van der Waals surface area contributed by atoms with Gasteiger partial charge in [0.15, 0.2) is 0 Å². The van der Waals surface area contributed by atoms with Crippen molar-refractivity contribution in [3.05, 3.63) is 65.7 Å². The Morgan fingerprint density at radius 2 is 1.39 bits per heavy atom. The van der Waals surface area contributed by atoms with Crippen LogP contribution in [0.2, 0.25) is 0 Å². The molecule has 4 nitrogen and oxygen atoms in total. The summed E-state index contributed by atoms with van der Waals surface area (Å²) in [4.78, 5) is 40.6. The number of carbonyl (C=O) groups is 3. The van der Waals surface area contributed by atoms with Crippen LogP contribution in [0.15, 0.2) is 54.6 Å². The molecule has 0 bridgehead atoms. The summed E-state index contributed by atoms with van der Waals surface area (Å²) in [6.45, 7) is 6.21. The van der Waals surface area contributed by atoms with E-state index in [1.807, 2.05) is 54.6 Å². The summed E-state index contributed by atoms with van der Waals surface area (Å²) in [7, 11) is 0. The van der Waals surface area contributed by atoms with Crippen LogP contribution in [0.1, 0.15) is 50.7 Å². The maximum absolute atomic E-state index is 13.5. The molecule has 4 rings (SSSR count). The fourth-order valence-corrected chi connectivity index (χ4v) is 4.68. The number of imide groups is 1. The Morgan fingerprint density at radius 1 is 0.786 bits per heavy atom. The number of rotatable bonds is 2. The van der Waals surface area contributed by atoms with Crippen LogP contribution in [-0.4, -0.2) is 17.6 Å². The number of carbonyl (C=O) groups excluding carboxylic acids is 3. The van der Waals surface area contributed by atoms with Crippen LogP contribution in [0.3, 0.4) is 0 Å². The zero-order valence-corrected chi connectivity index (χ0v) is 16.5. The van der Waals surface area contributed by atoms with Gasteiger partial charge in [-0.1, -0.05) is 69.3 Å². The van der Waals surface area contributed by atoms with E-state index in [-0.39, 0.29) is 35.4 Å². The largest absolute Gasteiger partial charge is 0.300 e. The average molecular weight is 375 g/mol. The molecule has 2 fully saturated rings. The summed E-state index contributed by atoms with van der Waals surface area (Å²) in [5, 5.41) is 0. The van der Waals surface area contributed by atoms with Gasteiger partial charge in [0.25, 0.3) is 0 Å². The van der Waals surface area contributed by atoms with Gasteiger partial charge in [-0.15, -0.1) is 0 Å². The van der Waals surface area contributed by atoms with Gasteiger partial charge >= 0.3 is 0 Å². The molecule has 1 aliphatic heterocycles. The van der Waals surface area contributed by atoms with Crippen LogP contribution < -0.4 is 4.90 Å². The van der Waals surface area contributed by atoms with Crippen LogP contribution in [0.5, 0.6) is 0 Å². The van der Waals surface area contributed by atoms with Crippen molar-refractivity contribution in [2.45, 2.75) is 44.9 Å². The molecule has 1 saturated heterocycles. The molecule has 2 amide bonds. The molecule has 0 spiro atoms. The lowest BCUT2D eigenvalue weighted by molar-refractivity contribution is -0.130. The van der Waals surface area contributed by atoms with Crippen molar-refractivity contribution in [1.82, 2.24) is 0 Å². The number of benzene rings is 2. The maximum atomic E-state index is 13.5. The Morgan fingerprint density at radius 3 is 2.07 bits per heavy atom. The lowest BCUT2D eigenvalue weighted by Crippen LogP contribution is -2.34. The van der Waals surface area contributed by atoms with Gasteiger partial charge in [0, 0.05) is 18.8 Å². The SMILES string of the molecule is CC(C)(C)c1ccccc1N1C(=O)[C@H]2[C@@H](c3ccccc3)CC(=O)C[C@H]2C1=O. The second kappa shape index (κ2) is 6.69. The van der Waals surface area contributed by atoms with E-state index in [2.05, 4.69) is 20.8 Å². The molecular formula is C24H25NO3. The quantitative estimate of drug-likeness (QED) is 0.738. The first-order valence-electron chi connectivity index (χ1n) is 9.83. The number of Topliss-reactive ketones (excluding diaryl/α,β-unsaturated/α-hetero) is 1. The Labute approximate surface area is 165 Å². The summed E-state index contributed by atoms with van der Waals surface area (Å²) in [5.74, 6) is -1.63. The van der Waals surface area contributed by atoms with Gasteiger partial charge in [-0.25, -0.2) is 4.90 Å². The highest BCUT2D eigenvalue weighted by atomic mass is 16.2. The van der Waals surface area contributed by atoms with Crippen LogP contribution in [0, 0.1) is 11.8 Å². The van der Waals surface area contributed by atoms with Crippen LogP contribution in [-0.2, 0) is 19.8 Å². The van der Waals surface area contributed by atoms with Gasteiger partial charge in [-0.3, -0.25) is 14.4 Å². The van der Waals surface area contributed by atoms with E-state index in [1.165, 1.54) is 4.90 Å². The predicted octanol–water partition coefficient (Wildman–Crippen LogP) is 4.24. The topological polar surface area (TPSA) is 54.5 Å². The molecule has 144 valence electrons. The number of hydrogen-bond acceptors (Lipinski definition) is 3. The summed E-state index contributed by atoms with van der Waals surface area (Å²) in [6.07, 6.45) is 0.478. The first-order chi connectivity index (χ1) is 13.3. The molecule has 0 radical (unpaired) electrons. The first-order valence-corrected chi connectivity index (χ1v) is 9.83. The van der Waals surface area contributed by atoms with Crippen molar-refractivity contribution in [2.75, 3.05) is 4.90 Å². The lowest BCUT2D eigenvalue weighted by Gasteiger charge is -2.30. The third-order valence-corrected chi connectivity index (χ3v) is 5.99. The summed E-state index contributed by atoms with van der Waals surface area (Å²) >= 11 is 0. The highest BCUT2D eigenvalue weighted by Gasteiger charge is 2.55. The zero-order valence-electron chi connectivity index (χ0n) is 16.5. The van der Waals surface area contributed by atoms with Gasteiger partial charge < -0.3 is 0 Å². The number of amides is 2. The van der Waals surface area contributed by atoms with E-state index in [1.54, 1.807) is 0 Å². The Kier molecular flexibility index (Phi) is 4.45. The predicted molar refractivity (Wildman–Crippen MR) is 108 cm³/mol. The molecule has 1 heterocycles. The molecule has 2 aromatic carbocycles. The molecule has 0 aromatic heterocycles. The second-order valence-corrected chi connectivity index (χ2v) is 8.88. The van der Waals surface area contributed by atoms with Crippen LogP contribution in [0.25, 0.3) is 0 Å². The van der Waals surface area contributed by atoms with Gasteiger partial charge in [0.1, 0.15) is 5.78 Å². The smallest absolute Gasteiger partial charge is 0.238 e. The molecule has 1 aliphatic carbocycles. The van der Waals surface area contributed by atoms with E-state index in [9.17, 15) is 14.4 Å². The Bertz CT molecular complexity index is 942. The van der Waals surface area contributed by atoms with Crippen molar-refractivity contribution < 1.29 is 14.4 Å². The molecule has 0 N–H and O–H groups in total. The number of ketones is 1. The number of para-hydroxylation sites is 1. The van der Waals surface area contributed by atoms with Gasteiger partial charge in [0.05, 0.1) is 17.5 Å². The van der Waals surface area contributed by atoms with E-state index in [0.717, 1.165) is 11.1 Å². The number of anilines is 1. The Balaban J connectivity index is 1.80. The average Bonchev–Trinajstić information content (AvgIpc) is 2.91. The minimum atomic E-state index is -0.563. The standard InChI is InChI=1S/C24H25NO3/c1-24(2,3)19-11-7-8-12-20(19)25-22(27)18-14-16(26)13-17(21(18)23(25)28)15-9-5-4-6-10-15/h4-12,17-18,21H,13-14H2,1-3H3/t17-,18-,21+/m1/s1. The van der Waals surface area contributed by atoms with Gasteiger partial charge in [-0.05, 0) is 22.6 Å². The van der Waals surface area contributed by atoms with Crippen LogP contribution >= 0.6 is 0 Å². The molecular weight excluding hydrogens is 350 g/mol. The van der Waals surface area contributed by atoms with Gasteiger partial charge in [0.2, 0.25) is 11.8 Å². The van der Waals surface area contributed by atoms with E-state index in [0.29, 0.717) is 12.1 Å². The number of nitrogens with zero attached hydrogens (tertiary/aromatic N) is 1. The van der Waals surface area contributed by atoms with E-state index < -0.39 is 11.8 Å². The molecule has 2 aliphatic rings. The lowest BCUT2D eigenvalue weighted by atomic mass is 9.70. The third kappa shape index (κ3) is 2.97. The van der Waals surface area contributed by atoms with E-state index in [4.69, 9.17) is 0 Å². The van der Waals surface area contributed by atoms with Crippen molar-refractivity contribution in [2.24, 2.45) is 11.8 Å². The fraction of sp³-hybridized carbons (Fsp3) is 0.375. The van der Waals surface area contributed by atoms with Crippen LogP contribution in [0.4, 0.5) is 5.69 Å². The molecule has 0 unspecified atom stereocenters. The maximum Gasteiger partial charge on any atom is 0.238 e. The van der Waals surface area contributed by atoms with E-state index >= 15 is 0 Å².